The van der Waals surface area contributed by atoms with Crippen LogP contribution in [0.25, 0.3) is 16.8 Å². The predicted octanol–water partition coefficient (Wildman–Crippen LogP) is 4.13. The molecule has 0 unspecified atom stereocenters. The molecule has 0 saturated heterocycles. The minimum Gasteiger partial charge on any atom is -0.325 e. The number of carbonyl (C=O) groups is 1. The molecular formula is C18H14F3N3O. The number of alkyl halides is 3. The fourth-order valence-electron chi connectivity index (χ4n) is 3.32. The molecule has 0 bridgehead atoms. The van der Waals surface area contributed by atoms with E-state index < -0.39 is 11.9 Å². The van der Waals surface area contributed by atoms with Crippen molar-refractivity contribution in [3.05, 3.63) is 53.0 Å². The number of hydrogen-bond donors (Lipinski definition) is 1. The van der Waals surface area contributed by atoms with Crippen LogP contribution in [-0.2, 0) is 17.4 Å². The van der Waals surface area contributed by atoms with Crippen LogP contribution in [0.4, 0.5) is 18.9 Å². The number of amides is 1. The summed E-state index contributed by atoms with van der Waals surface area (Å²) in [7, 11) is 0. The standard InChI is InChI=1S/C18H14F3N3O/c1-9-3-4-24-8-13(18(19,20)21)22-17(24)15(9)11-5-10(2)16-12(6-11)7-14(25)23-16/h3-6,8H,7H2,1-2H3,(H,23,25). The van der Waals surface area contributed by atoms with Crippen molar-refractivity contribution in [1.82, 2.24) is 9.38 Å². The topological polar surface area (TPSA) is 46.4 Å². The summed E-state index contributed by atoms with van der Waals surface area (Å²) in [5, 5.41) is 2.81. The Bertz CT molecular complexity index is 1030. The zero-order chi connectivity index (χ0) is 17.9. The minimum absolute atomic E-state index is 0.0784. The maximum Gasteiger partial charge on any atom is 0.434 e. The maximum absolute atomic E-state index is 13.0. The molecule has 25 heavy (non-hydrogen) atoms. The molecule has 4 rings (SSSR count). The number of pyridine rings is 1. The Morgan fingerprint density at radius 3 is 2.68 bits per heavy atom. The highest BCUT2D eigenvalue weighted by atomic mass is 19.4. The average Bonchev–Trinajstić information content (AvgIpc) is 3.09. The van der Waals surface area contributed by atoms with Gasteiger partial charge >= 0.3 is 6.18 Å². The number of nitrogens with zero attached hydrogens (tertiary/aromatic N) is 2. The number of anilines is 1. The number of aromatic nitrogens is 2. The number of nitrogens with one attached hydrogen (secondary N) is 1. The SMILES string of the molecule is Cc1cc(-c2c(C)ccn3cc(C(F)(F)F)nc23)cc2c1NC(=O)C2. The Hall–Kier alpha value is -2.83. The molecule has 1 N–H and O–H groups in total. The van der Waals surface area contributed by atoms with Gasteiger partial charge in [-0.3, -0.25) is 4.79 Å². The Kier molecular flexibility index (Phi) is 3.19. The molecule has 4 nitrogen and oxygen atoms in total. The van der Waals surface area contributed by atoms with Crippen LogP contribution in [0.15, 0.2) is 30.6 Å². The van der Waals surface area contributed by atoms with E-state index in [9.17, 15) is 18.0 Å². The lowest BCUT2D eigenvalue weighted by Gasteiger charge is -2.12. The summed E-state index contributed by atoms with van der Waals surface area (Å²) >= 11 is 0. The van der Waals surface area contributed by atoms with E-state index in [0.717, 1.165) is 34.1 Å². The molecule has 1 aliphatic heterocycles. The molecule has 0 saturated carbocycles. The molecular weight excluding hydrogens is 331 g/mol. The molecule has 1 aliphatic rings. The van der Waals surface area contributed by atoms with Crippen LogP contribution in [-0.4, -0.2) is 15.3 Å². The van der Waals surface area contributed by atoms with E-state index in [2.05, 4.69) is 10.3 Å². The lowest BCUT2D eigenvalue weighted by Crippen LogP contribution is -2.04. The summed E-state index contributed by atoms with van der Waals surface area (Å²) in [4.78, 5) is 15.5. The van der Waals surface area contributed by atoms with Gasteiger partial charge in [0.25, 0.3) is 0 Å². The highest BCUT2D eigenvalue weighted by molar-refractivity contribution is 6.01. The second kappa shape index (κ2) is 5.08. The van der Waals surface area contributed by atoms with Gasteiger partial charge in [0.05, 0.1) is 6.42 Å². The van der Waals surface area contributed by atoms with Gasteiger partial charge in [-0.2, -0.15) is 13.2 Å². The third-order valence-electron chi connectivity index (χ3n) is 4.45. The van der Waals surface area contributed by atoms with E-state index in [1.165, 1.54) is 4.40 Å². The molecule has 0 fully saturated rings. The molecule has 3 heterocycles. The second-order valence-electron chi connectivity index (χ2n) is 6.28. The molecule has 2 aromatic heterocycles. The van der Waals surface area contributed by atoms with Crippen LogP contribution >= 0.6 is 0 Å². The number of benzene rings is 1. The van der Waals surface area contributed by atoms with E-state index >= 15 is 0 Å². The first-order chi connectivity index (χ1) is 11.7. The monoisotopic (exact) mass is 345 g/mol. The van der Waals surface area contributed by atoms with Crippen LogP contribution in [0.2, 0.25) is 0 Å². The van der Waals surface area contributed by atoms with Crippen LogP contribution in [0.1, 0.15) is 22.4 Å². The summed E-state index contributed by atoms with van der Waals surface area (Å²) in [6.07, 6.45) is -1.67. The van der Waals surface area contributed by atoms with Gasteiger partial charge < -0.3 is 9.72 Å². The summed E-state index contributed by atoms with van der Waals surface area (Å²) in [6, 6.07) is 5.48. The first-order valence-corrected chi connectivity index (χ1v) is 7.73. The van der Waals surface area contributed by atoms with Crippen LogP contribution in [0.5, 0.6) is 0 Å². The molecule has 3 aromatic rings. The van der Waals surface area contributed by atoms with Gasteiger partial charge in [0.15, 0.2) is 5.69 Å². The van der Waals surface area contributed by atoms with Crippen molar-refractivity contribution in [2.45, 2.75) is 26.4 Å². The quantitative estimate of drug-likeness (QED) is 0.721. The van der Waals surface area contributed by atoms with Crippen molar-refractivity contribution >= 4 is 17.2 Å². The number of halogens is 3. The number of fused-ring (bicyclic) bond motifs is 2. The first-order valence-electron chi connectivity index (χ1n) is 7.73. The summed E-state index contributed by atoms with van der Waals surface area (Å²) in [6.45, 7) is 3.71. The Morgan fingerprint density at radius 2 is 1.96 bits per heavy atom. The van der Waals surface area contributed by atoms with Gasteiger partial charge in [-0.25, -0.2) is 4.98 Å². The normalized spacial score (nSPS) is 14.0. The Balaban J connectivity index is 1.97. The molecule has 1 aromatic carbocycles. The van der Waals surface area contributed by atoms with Crippen molar-refractivity contribution in [3.63, 3.8) is 0 Å². The molecule has 0 atom stereocenters. The van der Waals surface area contributed by atoms with E-state index in [0.29, 0.717) is 5.56 Å². The third kappa shape index (κ3) is 2.47. The smallest absolute Gasteiger partial charge is 0.325 e. The Labute approximate surface area is 141 Å². The number of imidazole rings is 1. The van der Waals surface area contributed by atoms with Gasteiger partial charge in [0, 0.05) is 23.6 Å². The predicted molar refractivity (Wildman–Crippen MR) is 87.4 cm³/mol. The van der Waals surface area contributed by atoms with Crippen molar-refractivity contribution in [2.24, 2.45) is 0 Å². The molecule has 1 amide bonds. The summed E-state index contributed by atoms with van der Waals surface area (Å²) < 4.78 is 40.5. The van der Waals surface area contributed by atoms with Crippen LogP contribution < -0.4 is 5.32 Å². The largest absolute Gasteiger partial charge is 0.434 e. The van der Waals surface area contributed by atoms with Gasteiger partial charge in [-0.1, -0.05) is 0 Å². The molecule has 0 radical (unpaired) electrons. The van der Waals surface area contributed by atoms with E-state index in [1.807, 2.05) is 26.0 Å². The first kappa shape index (κ1) is 15.7. The Morgan fingerprint density at radius 1 is 1.20 bits per heavy atom. The summed E-state index contributed by atoms with van der Waals surface area (Å²) in [5.41, 5.74) is 4.07. The van der Waals surface area contributed by atoms with E-state index in [-0.39, 0.29) is 18.0 Å². The van der Waals surface area contributed by atoms with Crippen LogP contribution in [0, 0.1) is 13.8 Å². The maximum atomic E-state index is 13.0. The molecule has 128 valence electrons. The van der Waals surface area contributed by atoms with Crippen LogP contribution in [0.3, 0.4) is 0 Å². The third-order valence-corrected chi connectivity index (χ3v) is 4.45. The van der Waals surface area contributed by atoms with Gasteiger partial charge in [0.1, 0.15) is 5.65 Å². The van der Waals surface area contributed by atoms with Crippen molar-refractivity contribution < 1.29 is 18.0 Å². The van der Waals surface area contributed by atoms with E-state index in [1.54, 1.807) is 12.3 Å². The number of carbonyl (C=O) groups excluding carboxylic acids is 1. The fraction of sp³-hybridized carbons (Fsp3) is 0.222. The molecule has 0 spiro atoms. The highest BCUT2D eigenvalue weighted by Gasteiger charge is 2.34. The number of hydrogen-bond acceptors (Lipinski definition) is 2. The number of aryl methyl sites for hydroxylation is 2. The highest BCUT2D eigenvalue weighted by Crippen LogP contribution is 2.37. The fourth-order valence-corrected chi connectivity index (χ4v) is 3.32. The van der Waals surface area contributed by atoms with Crippen molar-refractivity contribution in [2.75, 3.05) is 5.32 Å². The van der Waals surface area contributed by atoms with Gasteiger partial charge in [0.2, 0.25) is 5.91 Å². The lowest BCUT2D eigenvalue weighted by molar-refractivity contribution is -0.140. The zero-order valence-electron chi connectivity index (χ0n) is 13.5. The van der Waals surface area contributed by atoms with Gasteiger partial charge in [-0.05, 0) is 54.3 Å². The van der Waals surface area contributed by atoms with Gasteiger partial charge in [-0.15, -0.1) is 0 Å². The molecule has 7 heteroatoms. The van der Waals surface area contributed by atoms with Crippen molar-refractivity contribution in [3.8, 4) is 11.1 Å². The van der Waals surface area contributed by atoms with E-state index in [4.69, 9.17) is 0 Å². The zero-order valence-corrected chi connectivity index (χ0v) is 13.5. The number of rotatable bonds is 1. The average molecular weight is 345 g/mol. The lowest BCUT2D eigenvalue weighted by atomic mass is 9.96. The minimum atomic E-state index is -4.50. The summed E-state index contributed by atoms with van der Waals surface area (Å²) in [5.74, 6) is -0.0784. The molecule has 0 aliphatic carbocycles. The second-order valence-corrected chi connectivity index (χ2v) is 6.28. The van der Waals surface area contributed by atoms with Crippen molar-refractivity contribution in [1.29, 1.82) is 0 Å².